The first-order valence-electron chi connectivity index (χ1n) is 8.12. The van der Waals surface area contributed by atoms with Crippen molar-refractivity contribution in [1.29, 1.82) is 0 Å². The molecule has 2 N–H and O–H groups in total. The fourth-order valence-electron chi connectivity index (χ4n) is 2.49. The van der Waals surface area contributed by atoms with Crippen LogP contribution in [0.3, 0.4) is 0 Å². The van der Waals surface area contributed by atoms with E-state index in [1.807, 2.05) is 18.4 Å². The molecule has 0 unspecified atom stereocenters. The van der Waals surface area contributed by atoms with Gasteiger partial charge in [-0.25, -0.2) is 8.42 Å². The molecule has 1 heterocycles. The number of carbonyl (C=O) groups is 1. The quantitative estimate of drug-likeness (QED) is 0.526. The van der Waals surface area contributed by atoms with E-state index in [0.717, 1.165) is 10.0 Å². The van der Waals surface area contributed by atoms with Gasteiger partial charge in [0.15, 0.2) is 0 Å². The number of aryl methyl sites for hydroxylation is 1. The van der Waals surface area contributed by atoms with Gasteiger partial charge in [0.1, 0.15) is 10.6 Å². The second-order valence-corrected chi connectivity index (χ2v) is 9.35. The van der Waals surface area contributed by atoms with Gasteiger partial charge in [-0.05, 0) is 66.4 Å². The first-order chi connectivity index (χ1) is 13.3. The Morgan fingerprint density at radius 2 is 1.75 bits per heavy atom. The van der Waals surface area contributed by atoms with Crippen LogP contribution >= 0.6 is 27.3 Å². The van der Waals surface area contributed by atoms with Crippen molar-refractivity contribution in [1.82, 2.24) is 0 Å². The Labute approximate surface area is 175 Å². The van der Waals surface area contributed by atoms with Crippen molar-refractivity contribution < 1.29 is 17.9 Å². The SMILES string of the molecule is COc1ccc(NC(=O)c2sccc2C)cc1S(=O)(=O)Nc1ccc(Br)cc1. The average Bonchev–Trinajstić information content (AvgIpc) is 3.09. The molecule has 1 aromatic heterocycles. The number of thiophene rings is 1. The lowest BCUT2D eigenvalue weighted by Gasteiger charge is -2.14. The molecule has 0 atom stereocenters. The Kier molecular flexibility index (Phi) is 6.07. The maximum Gasteiger partial charge on any atom is 0.265 e. The van der Waals surface area contributed by atoms with Gasteiger partial charge in [-0.2, -0.15) is 0 Å². The monoisotopic (exact) mass is 480 g/mol. The van der Waals surface area contributed by atoms with Gasteiger partial charge in [0.25, 0.3) is 15.9 Å². The summed E-state index contributed by atoms with van der Waals surface area (Å²) in [4.78, 5) is 12.9. The maximum atomic E-state index is 12.9. The highest BCUT2D eigenvalue weighted by Gasteiger charge is 2.21. The average molecular weight is 481 g/mol. The number of anilines is 2. The second kappa shape index (κ2) is 8.34. The van der Waals surface area contributed by atoms with Gasteiger partial charge < -0.3 is 10.1 Å². The molecule has 0 aliphatic heterocycles. The highest BCUT2D eigenvalue weighted by molar-refractivity contribution is 9.10. The lowest BCUT2D eigenvalue weighted by atomic mass is 10.2. The molecule has 0 spiro atoms. The fourth-order valence-corrected chi connectivity index (χ4v) is 4.83. The zero-order valence-corrected chi connectivity index (χ0v) is 18.2. The highest BCUT2D eigenvalue weighted by Crippen LogP contribution is 2.30. The van der Waals surface area contributed by atoms with Gasteiger partial charge in [0, 0.05) is 15.8 Å². The van der Waals surface area contributed by atoms with Gasteiger partial charge in [0.2, 0.25) is 0 Å². The van der Waals surface area contributed by atoms with E-state index >= 15 is 0 Å². The van der Waals surface area contributed by atoms with Crippen LogP contribution in [0.1, 0.15) is 15.2 Å². The van der Waals surface area contributed by atoms with Crippen molar-refractivity contribution in [3.05, 3.63) is 68.8 Å². The van der Waals surface area contributed by atoms with Crippen molar-refractivity contribution in [3.63, 3.8) is 0 Å². The van der Waals surface area contributed by atoms with Gasteiger partial charge in [-0.1, -0.05) is 15.9 Å². The molecule has 6 nitrogen and oxygen atoms in total. The van der Waals surface area contributed by atoms with E-state index in [4.69, 9.17) is 4.74 Å². The summed E-state index contributed by atoms with van der Waals surface area (Å²) in [6.45, 7) is 1.84. The summed E-state index contributed by atoms with van der Waals surface area (Å²) in [5.41, 5.74) is 1.63. The van der Waals surface area contributed by atoms with Gasteiger partial charge in [-0.3, -0.25) is 9.52 Å². The molecule has 0 saturated heterocycles. The molecule has 3 rings (SSSR count). The minimum absolute atomic E-state index is 0.0707. The molecular formula is C19H17BrN2O4S2. The van der Waals surface area contributed by atoms with Gasteiger partial charge in [0.05, 0.1) is 12.0 Å². The van der Waals surface area contributed by atoms with E-state index < -0.39 is 10.0 Å². The van der Waals surface area contributed by atoms with Gasteiger partial charge in [-0.15, -0.1) is 11.3 Å². The number of halogens is 1. The van der Waals surface area contributed by atoms with Crippen LogP contribution in [-0.4, -0.2) is 21.4 Å². The standard InChI is InChI=1S/C19H17BrN2O4S2/c1-12-9-10-27-18(12)19(23)21-15-7-8-16(26-2)17(11-15)28(24,25)22-14-5-3-13(20)4-6-14/h3-11,22H,1-2H3,(H,21,23). The first kappa shape index (κ1) is 20.4. The summed E-state index contributed by atoms with van der Waals surface area (Å²) in [5, 5.41) is 4.57. The molecule has 1 amide bonds. The largest absolute Gasteiger partial charge is 0.495 e. The Morgan fingerprint density at radius 1 is 1.07 bits per heavy atom. The summed E-state index contributed by atoms with van der Waals surface area (Å²) in [5.74, 6) is -0.114. The molecule has 0 fully saturated rings. The van der Waals surface area contributed by atoms with E-state index in [0.29, 0.717) is 16.3 Å². The molecule has 9 heteroatoms. The van der Waals surface area contributed by atoms with Crippen molar-refractivity contribution in [2.75, 3.05) is 17.1 Å². The molecular weight excluding hydrogens is 464 g/mol. The normalized spacial score (nSPS) is 11.1. The maximum absolute atomic E-state index is 12.9. The van der Waals surface area contributed by atoms with Crippen LogP contribution < -0.4 is 14.8 Å². The number of benzene rings is 2. The van der Waals surface area contributed by atoms with Crippen molar-refractivity contribution in [3.8, 4) is 5.75 Å². The number of hydrogen-bond donors (Lipinski definition) is 2. The van der Waals surface area contributed by atoms with Crippen molar-refractivity contribution >= 4 is 54.6 Å². The molecule has 0 saturated carbocycles. The number of carbonyl (C=O) groups excluding carboxylic acids is 1. The predicted octanol–water partition coefficient (Wildman–Crippen LogP) is 4.88. The molecule has 3 aromatic rings. The molecule has 0 aliphatic rings. The van der Waals surface area contributed by atoms with Crippen molar-refractivity contribution in [2.24, 2.45) is 0 Å². The van der Waals surface area contributed by atoms with Crippen LogP contribution in [0.15, 0.2) is 63.3 Å². The third-order valence-electron chi connectivity index (χ3n) is 3.88. The third kappa shape index (κ3) is 4.54. The Hall–Kier alpha value is -2.36. The minimum Gasteiger partial charge on any atom is -0.495 e. The zero-order valence-electron chi connectivity index (χ0n) is 15.0. The van der Waals surface area contributed by atoms with E-state index in [1.54, 1.807) is 30.3 Å². The Bertz CT molecular complexity index is 1110. The van der Waals surface area contributed by atoms with Crippen molar-refractivity contribution in [2.45, 2.75) is 11.8 Å². The molecule has 0 aliphatic carbocycles. The number of ether oxygens (including phenoxy) is 1. The van der Waals surface area contributed by atoms with Gasteiger partial charge >= 0.3 is 0 Å². The molecule has 0 bridgehead atoms. The Morgan fingerprint density at radius 3 is 2.36 bits per heavy atom. The first-order valence-corrected chi connectivity index (χ1v) is 11.3. The van der Waals surface area contributed by atoms with E-state index in [2.05, 4.69) is 26.0 Å². The zero-order chi connectivity index (χ0) is 20.3. The Balaban J connectivity index is 1.91. The third-order valence-corrected chi connectivity index (χ3v) is 6.82. The predicted molar refractivity (Wildman–Crippen MR) is 115 cm³/mol. The number of hydrogen-bond acceptors (Lipinski definition) is 5. The fraction of sp³-hybridized carbons (Fsp3) is 0.105. The van der Waals surface area contributed by atoms with Crippen LogP contribution in [0.4, 0.5) is 11.4 Å². The van der Waals surface area contributed by atoms with E-state index in [1.165, 1.54) is 30.6 Å². The number of sulfonamides is 1. The highest BCUT2D eigenvalue weighted by atomic mass is 79.9. The lowest BCUT2D eigenvalue weighted by molar-refractivity contribution is 0.103. The van der Waals surface area contributed by atoms with E-state index in [9.17, 15) is 13.2 Å². The summed E-state index contributed by atoms with van der Waals surface area (Å²) in [6, 6.07) is 13.1. The second-order valence-electron chi connectivity index (χ2n) is 5.86. The minimum atomic E-state index is -3.93. The van der Waals surface area contributed by atoms with Crippen LogP contribution in [0.25, 0.3) is 0 Å². The summed E-state index contributed by atoms with van der Waals surface area (Å²) >= 11 is 4.64. The lowest BCUT2D eigenvalue weighted by Crippen LogP contribution is -2.16. The summed E-state index contributed by atoms with van der Waals surface area (Å²) < 4.78 is 34.3. The number of rotatable bonds is 6. The summed E-state index contributed by atoms with van der Waals surface area (Å²) in [7, 11) is -2.54. The van der Waals surface area contributed by atoms with Crippen LogP contribution in [0.5, 0.6) is 5.75 Å². The smallest absolute Gasteiger partial charge is 0.265 e. The van der Waals surface area contributed by atoms with Crippen LogP contribution in [-0.2, 0) is 10.0 Å². The number of nitrogens with one attached hydrogen (secondary N) is 2. The number of amides is 1. The van der Waals surface area contributed by atoms with E-state index in [-0.39, 0.29) is 16.6 Å². The molecule has 2 aromatic carbocycles. The summed E-state index contributed by atoms with van der Waals surface area (Å²) in [6.07, 6.45) is 0. The van der Waals surface area contributed by atoms with Crippen LogP contribution in [0.2, 0.25) is 0 Å². The molecule has 0 radical (unpaired) electrons. The molecule has 28 heavy (non-hydrogen) atoms. The number of methoxy groups -OCH3 is 1. The van der Waals surface area contributed by atoms with Crippen LogP contribution in [0, 0.1) is 6.92 Å². The topological polar surface area (TPSA) is 84.5 Å². The molecule has 146 valence electrons.